The van der Waals surface area contributed by atoms with Crippen molar-refractivity contribution in [3.05, 3.63) is 84.9 Å². The molecular weight excluding hydrogens is 347 g/mol. The minimum Gasteiger partial charge on any atom is -0.0616 e. The maximum absolute atomic E-state index is 8.38. The van der Waals surface area contributed by atoms with E-state index in [1.54, 1.807) is 0 Å². The third kappa shape index (κ3) is 2.40. The van der Waals surface area contributed by atoms with Crippen molar-refractivity contribution in [2.24, 2.45) is 0 Å². The molecule has 4 aromatic rings. The number of rotatable bonds is 1. The minimum atomic E-state index is 0. The van der Waals surface area contributed by atoms with Crippen molar-refractivity contribution in [2.75, 3.05) is 0 Å². The molecule has 0 N–H and O–H groups in total. The number of fused-ring (bicyclic) bond motifs is 2. The van der Waals surface area contributed by atoms with Gasteiger partial charge < -0.3 is 0 Å². The average molecular weight is 363 g/mol. The molecule has 0 bridgehead atoms. The molecule has 1 heteroatoms. The minimum absolute atomic E-state index is 0. The Labute approximate surface area is 140 Å². The Morgan fingerprint density at radius 3 is 1.38 bits per heavy atom. The molecule has 0 aliphatic carbocycles. The van der Waals surface area contributed by atoms with Crippen LogP contribution in [0.4, 0.5) is 0 Å². The predicted octanol–water partition coefficient (Wildman–Crippen LogP) is 5.66. The van der Waals surface area contributed by atoms with E-state index >= 15 is 0 Å². The van der Waals surface area contributed by atoms with Crippen LogP contribution in [0, 0.1) is 0 Å². The molecule has 0 radical (unpaired) electrons. The molecule has 0 heterocycles. The van der Waals surface area contributed by atoms with Crippen LogP contribution in [-0.4, -0.2) is 0 Å². The Balaban J connectivity index is 0.00000156. The monoisotopic (exact) mass is 362 g/mol. The Hall–Kier alpha value is -1.94. The number of hydrogen-bond donors (Lipinski definition) is 0. The van der Waals surface area contributed by atoms with Gasteiger partial charge in [-0.15, -0.1) is 0 Å². The second-order valence-corrected chi connectivity index (χ2v) is 4.88. The summed E-state index contributed by atoms with van der Waals surface area (Å²) in [6.07, 6.45) is 0. The molecule has 102 valence electrons. The molecular formula is C20H14Pd+2. The van der Waals surface area contributed by atoms with Crippen molar-refractivity contribution in [2.45, 2.75) is 0 Å². The van der Waals surface area contributed by atoms with Gasteiger partial charge in [-0.3, -0.25) is 0 Å². The summed E-state index contributed by atoms with van der Waals surface area (Å²) in [6.45, 7) is 0. The van der Waals surface area contributed by atoms with E-state index in [2.05, 4.69) is 0 Å². The fraction of sp³-hybridized carbons (Fsp3) is 0. The molecule has 0 aromatic heterocycles. The standard InChI is InChI=1S/C20H14.Pd/c1-3-11-17-15(7-1)9-5-13-19(17)20-14-6-10-16-8-2-4-12-18(16)20;/h1-14H;/q;+2/i13D,14D;. The topological polar surface area (TPSA) is 0 Å². The summed E-state index contributed by atoms with van der Waals surface area (Å²) in [5.41, 5.74) is 1.69. The van der Waals surface area contributed by atoms with E-state index in [1.807, 2.05) is 72.8 Å². The zero-order chi connectivity index (χ0) is 15.1. The average Bonchev–Trinajstić information content (AvgIpc) is 2.56. The van der Waals surface area contributed by atoms with E-state index in [4.69, 9.17) is 2.74 Å². The summed E-state index contributed by atoms with van der Waals surface area (Å²) in [5, 5.41) is 4.25. The van der Waals surface area contributed by atoms with E-state index in [0.717, 1.165) is 32.7 Å². The molecule has 4 aromatic carbocycles. The van der Waals surface area contributed by atoms with E-state index in [1.165, 1.54) is 0 Å². The van der Waals surface area contributed by atoms with E-state index in [-0.39, 0.29) is 20.4 Å². The van der Waals surface area contributed by atoms with Crippen molar-refractivity contribution in [1.82, 2.24) is 0 Å². The SMILES string of the molecule is [2H]c1ccc2ccccc2c1-c1c([2H])ccc2ccccc12.[Pd+2]. The van der Waals surface area contributed by atoms with Gasteiger partial charge in [0, 0.05) is 0 Å². The maximum Gasteiger partial charge on any atom is 2.00 e. The van der Waals surface area contributed by atoms with Crippen LogP contribution in [0.15, 0.2) is 84.9 Å². The molecule has 0 spiro atoms. The Bertz CT molecular complexity index is 925. The zero-order valence-corrected chi connectivity index (χ0v) is 12.8. The predicted molar refractivity (Wildman–Crippen MR) is 86.9 cm³/mol. The van der Waals surface area contributed by atoms with Crippen LogP contribution in [0.3, 0.4) is 0 Å². The summed E-state index contributed by atoms with van der Waals surface area (Å²) in [7, 11) is 0. The van der Waals surface area contributed by atoms with E-state index in [0.29, 0.717) is 12.1 Å². The fourth-order valence-corrected chi connectivity index (χ4v) is 2.74. The third-order valence-electron chi connectivity index (χ3n) is 3.69. The van der Waals surface area contributed by atoms with Gasteiger partial charge >= 0.3 is 20.4 Å². The smallest absolute Gasteiger partial charge is 0.0616 e. The summed E-state index contributed by atoms with van der Waals surface area (Å²) >= 11 is 0. The van der Waals surface area contributed by atoms with Gasteiger partial charge in [0.1, 0.15) is 0 Å². The van der Waals surface area contributed by atoms with Crippen LogP contribution < -0.4 is 0 Å². The maximum atomic E-state index is 8.38. The molecule has 4 rings (SSSR count). The molecule has 0 saturated carbocycles. The van der Waals surface area contributed by atoms with Crippen molar-refractivity contribution in [1.29, 1.82) is 0 Å². The van der Waals surface area contributed by atoms with Crippen LogP contribution >= 0.6 is 0 Å². The van der Waals surface area contributed by atoms with Crippen LogP contribution in [0.2, 0.25) is 0 Å². The first-order valence-corrected chi connectivity index (χ1v) is 6.73. The van der Waals surface area contributed by atoms with Gasteiger partial charge in [-0.05, 0) is 32.7 Å². The summed E-state index contributed by atoms with van der Waals surface area (Å²) in [5.74, 6) is 0. The Morgan fingerprint density at radius 2 is 0.905 bits per heavy atom. The molecule has 0 fully saturated rings. The molecule has 21 heavy (non-hydrogen) atoms. The van der Waals surface area contributed by atoms with Gasteiger partial charge in [-0.1, -0.05) is 84.9 Å². The third-order valence-corrected chi connectivity index (χ3v) is 3.69. The quantitative estimate of drug-likeness (QED) is 0.383. The second kappa shape index (κ2) is 5.82. The van der Waals surface area contributed by atoms with Crippen LogP contribution in [0.5, 0.6) is 0 Å². The molecule has 0 aliphatic rings. The van der Waals surface area contributed by atoms with E-state index < -0.39 is 0 Å². The first kappa shape index (κ1) is 11.7. The van der Waals surface area contributed by atoms with Gasteiger partial charge in [-0.2, -0.15) is 0 Å². The summed E-state index contributed by atoms with van der Waals surface area (Å²) in [4.78, 5) is 0. The summed E-state index contributed by atoms with van der Waals surface area (Å²) in [6, 6.07) is 24.6. The Kier molecular flexibility index (Phi) is 3.24. The number of benzene rings is 4. The molecule has 0 nitrogen and oxygen atoms in total. The van der Waals surface area contributed by atoms with Crippen LogP contribution in [0.25, 0.3) is 32.7 Å². The number of hydrogen-bond acceptors (Lipinski definition) is 0. The first-order valence-electron chi connectivity index (χ1n) is 7.73. The van der Waals surface area contributed by atoms with E-state index in [9.17, 15) is 0 Å². The van der Waals surface area contributed by atoms with Gasteiger partial charge in [0.05, 0.1) is 2.74 Å². The van der Waals surface area contributed by atoms with Crippen LogP contribution in [0.1, 0.15) is 2.74 Å². The normalized spacial score (nSPS) is 11.8. The first-order chi connectivity index (χ1) is 10.8. The summed E-state index contributed by atoms with van der Waals surface area (Å²) < 4.78 is 16.8. The zero-order valence-electron chi connectivity index (χ0n) is 13.2. The molecule has 0 aliphatic heterocycles. The van der Waals surface area contributed by atoms with Crippen LogP contribution in [-0.2, 0) is 20.4 Å². The molecule has 0 saturated heterocycles. The van der Waals surface area contributed by atoms with Gasteiger partial charge in [-0.25, -0.2) is 0 Å². The fourth-order valence-electron chi connectivity index (χ4n) is 2.74. The molecule has 0 unspecified atom stereocenters. The second-order valence-electron chi connectivity index (χ2n) is 4.88. The van der Waals surface area contributed by atoms with Gasteiger partial charge in [0.25, 0.3) is 0 Å². The largest absolute Gasteiger partial charge is 2.00 e. The van der Waals surface area contributed by atoms with Gasteiger partial charge in [0.2, 0.25) is 0 Å². The van der Waals surface area contributed by atoms with Crippen molar-refractivity contribution >= 4 is 21.5 Å². The van der Waals surface area contributed by atoms with Crippen molar-refractivity contribution in [3.8, 4) is 11.1 Å². The van der Waals surface area contributed by atoms with Gasteiger partial charge in [0.15, 0.2) is 0 Å². The van der Waals surface area contributed by atoms with Crippen molar-refractivity contribution in [3.63, 3.8) is 0 Å². The van der Waals surface area contributed by atoms with Crippen molar-refractivity contribution < 1.29 is 23.2 Å². The molecule has 0 amide bonds. The molecule has 0 atom stereocenters. The Morgan fingerprint density at radius 1 is 0.524 bits per heavy atom.